The van der Waals surface area contributed by atoms with Crippen LogP contribution < -0.4 is 4.74 Å². The summed E-state index contributed by atoms with van der Waals surface area (Å²) in [4.78, 5) is 0. The zero-order valence-electron chi connectivity index (χ0n) is 11.9. The number of ether oxygens (including phenoxy) is 1. The Morgan fingerprint density at radius 3 is 2.25 bits per heavy atom. The lowest BCUT2D eigenvalue weighted by atomic mass is 10.1. The fraction of sp³-hybridized carbons (Fsp3) is 0.571. The SMILES string of the molecule is Cc1cc(OCS(=O)(=O)N2CCCCC2)cc(C)c1Br. The van der Waals surface area contributed by atoms with E-state index in [0.717, 1.165) is 34.9 Å². The molecule has 1 heterocycles. The van der Waals surface area contributed by atoms with Crippen LogP contribution in [0.25, 0.3) is 0 Å². The molecule has 2 rings (SSSR count). The number of piperidine rings is 1. The fourth-order valence-electron chi connectivity index (χ4n) is 2.35. The minimum Gasteiger partial charge on any atom is -0.476 e. The van der Waals surface area contributed by atoms with Gasteiger partial charge in [0.15, 0.2) is 0 Å². The van der Waals surface area contributed by atoms with Crippen LogP contribution in [0.15, 0.2) is 16.6 Å². The molecule has 0 aromatic heterocycles. The summed E-state index contributed by atoms with van der Waals surface area (Å²) in [6.45, 7) is 5.15. The van der Waals surface area contributed by atoms with Crippen molar-refractivity contribution in [3.63, 3.8) is 0 Å². The molecule has 0 N–H and O–H groups in total. The monoisotopic (exact) mass is 361 g/mol. The Morgan fingerprint density at radius 2 is 1.70 bits per heavy atom. The van der Waals surface area contributed by atoms with Gasteiger partial charge in [-0.15, -0.1) is 0 Å². The summed E-state index contributed by atoms with van der Waals surface area (Å²) in [6, 6.07) is 3.70. The highest BCUT2D eigenvalue weighted by Gasteiger charge is 2.24. The quantitative estimate of drug-likeness (QED) is 0.826. The summed E-state index contributed by atoms with van der Waals surface area (Å²) < 4.78 is 32.4. The molecule has 0 bridgehead atoms. The molecule has 1 saturated heterocycles. The highest BCUT2D eigenvalue weighted by atomic mass is 79.9. The first kappa shape index (κ1) is 15.8. The van der Waals surface area contributed by atoms with Crippen molar-refractivity contribution in [3.05, 3.63) is 27.7 Å². The molecule has 0 saturated carbocycles. The second kappa shape index (κ2) is 6.45. The molecular formula is C14H20BrNO3S. The molecule has 0 unspecified atom stereocenters. The minimum absolute atomic E-state index is 0.284. The number of rotatable bonds is 4. The smallest absolute Gasteiger partial charge is 0.249 e. The van der Waals surface area contributed by atoms with E-state index in [-0.39, 0.29) is 5.94 Å². The van der Waals surface area contributed by atoms with Crippen LogP contribution in [0.3, 0.4) is 0 Å². The van der Waals surface area contributed by atoms with E-state index in [1.807, 2.05) is 26.0 Å². The van der Waals surface area contributed by atoms with Crippen LogP contribution in [0.5, 0.6) is 5.75 Å². The van der Waals surface area contributed by atoms with Gasteiger partial charge in [-0.2, -0.15) is 4.31 Å². The Labute approximate surface area is 129 Å². The van der Waals surface area contributed by atoms with Gasteiger partial charge in [0.05, 0.1) is 0 Å². The lowest BCUT2D eigenvalue weighted by molar-refractivity contribution is 0.316. The highest BCUT2D eigenvalue weighted by Crippen LogP contribution is 2.26. The van der Waals surface area contributed by atoms with Gasteiger partial charge in [-0.1, -0.05) is 22.4 Å². The molecule has 6 heteroatoms. The summed E-state index contributed by atoms with van der Waals surface area (Å²) in [6.07, 6.45) is 2.99. The molecule has 1 aromatic carbocycles. The number of benzene rings is 1. The second-order valence-corrected chi connectivity index (χ2v) is 7.91. The van der Waals surface area contributed by atoms with Crippen molar-refractivity contribution in [2.45, 2.75) is 33.1 Å². The normalized spacial score (nSPS) is 17.1. The van der Waals surface area contributed by atoms with Crippen molar-refractivity contribution >= 4 is 26.0 Å². The number of aryl methyl sites for hydroxylation is 2. The summed E-state index contributed by atoms with van der Waals surface area (Å²) in [5.74, 6) is 0.317. The van der Waals surface area contributed by atoms with Gasteiger partial charge in [0.1, 0.15) is 5.75 Å². The Balaban J connectivity index is 2.04. The number of hydrogen-bond acceptors (Lipinski definition) is 3. The van der Waals surface area contributed by atoms with E-state index in [2.05, 4.69) is 15.9 Å². The predicted molar refractivity (Wildman–Crippen MR) is 83.5 cm³/mol. The van der Waals surface area contributed by atoms with Crippen LogP contribution in [0.4, 0.5) is 0 Å². The number of halogens is 1. The predicted octanol–water partition coefficient (Wildman–Crippen LogP) is 3.22. The van der Waals surface area contributed by atoms with Crippen LogP contribution in [-0.2, 0) is 10.0 Å². The summed E-state index contributed by atoms with van der Waals surface area (Å²) >= 11 is 3.48. The van der Waals surface area contributed by atoms with E-state index in [9.17, 15) is 8.42 Å². The van der Waals surface area contributed by atoms with E-state index in [4.69, 9.17) is 4.74 Å². The van der Waals surface area contributed by atoms with Crippen LogP contribution in [0.2, 0.25) is 0 Å². The van der Waals surface area contributed by atoms with Gasteiger partial charge < -0.3 is 4.74 Å². The van der Waals surface area contributed by atoms with Crippen LogP contribution >= 0.6 is 15.9 Å². The average molecular weight is 362 g/mol. The molecule has 1 aliphatic heterocycles. The van der Waals surface area contributed by atoms with Crippen molar-refractivity contribution in [2.24, 2.45) is 0 Å². The first-order valence-electron chi connectivity index (χ1n) is 6.77. The number of hydrogen-bond donors (Lipinski definition) is 0. The van der Waals surface area contributed by atoms with Gasteiger partial charge in [-0.05, 0) is 49.9 Å². The van der Waals surface area contributed by atoms with Gasteiger partial charge in [0.2, 0.25) is 16.0 Å². The third-order valence-corrected chi connectivity index (χ3v) is 6.31. The Hall–Kier alpha value is -0.590. The van der Waals surface area contributed by atoms with Crippen molar-refractivity contribution in [1.29, 1.82) is 0 Å². The molecule has 1 fully saturated rings. The van der Waals surface area contributed by atoms with Gasteiger partial charge >= 0.3 is 0 Å². The first-order chi connectivity index (χ1) is 9.40. The maximum Gasteiger partial charge on any atom is 0.249 e. The Kier molecular flexibility index (Phi) is 5.09. The molecule has 0 aliphatic carbocycles. The third-order valence-electron chi connectivity index (χ3n) is 3.49. The van der Waals surface area contributed by atoms with Crippen molar-refractivity contribution < 1.29 is 13.2 Å². The van der Waals surface area contributed by atoms with Crippen molar-refractivity contribution in [3.8, 4) is 5.75 Å². The van der Waals surface area contributed by atoms with Crippen molar-refractivity contribution in [2.75, 3.05) is 19.0 Å². The molecular weight excluding hydrogens is 342 g/mol. The Morgan fingerprint density at radius 1 is 1.15 bits per heavy atom. The zero-order valence-corrected chi connectivity index (χ0v) is 14.3. The van der Waals surface area contributed by atoms with E-state index in [1.165, 1.54) is 4.31 Å². The Bertz CT molecular complexity index is 557. The zero-order chi connectivity index (χ0) is 14.8. The molecule has 0 spiro atoms. The summed E-state index contributed by atoms with van der Waals surface area (Å²) in [5.41, 5.74) is 2.07. The summed E-state index contributed by atoms with van der Waals surface area (Å²) in [7, 11) is -3.32. The molecule has 1 aromatic rings. The van der Waals surface area contributed by atoms with Gasteiger partial charge in [0.25, 0.3) is 0 Å². The minimum atomic E-state index is -3.32. The van der Waals surface area contributed by atoms with Gasteiger partial charge in [-0.25, -0.2) is 8.42 Å². The maximum atomic E-state index is 12.2. The third kappa shape index (κ3) is 3.74. The molecule has 112 valence electrons. The summed E-state index contributed by atoms with van der Waals surface area (Å²) in [5, 5.41) is 0. The van der Waals surface area contributed by atoms with E-state index in [1.54, 1.807) is 0 Å². The van der Waals surface area contributed by atoms with Gasteiger partial charge in [-0.3, -0.25) is 0 Å². The van der Waals surface area contributed by atoms with E-state index < -0.39 is 10.0 Å². The standard InChI is InChI=1S/C14H20BrNO3S/c1-11-8-13(9-12(2)14(11)15)19-10-20(17,18)16-6-4-3-5-7-16/h8-9H,3-7,10H2,1-2H3. The molecule has 0 amide bonds. The topological polar surface area (TPSA) is 46.6 Å². The number of sulfonamides is 1. The van der Waals surface area contributed by atoms with Crippen LogP contribution in [0.1, 0.15) is 30.4 Å². The molecule has 1 aliphatic rings. The lowest BCUT2D eigenvalue weighted by Gasteiger charge is -2.25. The largest absolute Gasteiger partial charge is 0.476 e. The second-order valence-electron chi connectivity index (χ2n) is 5.20. The average Bonchev–Trinajstić information content (AvgIpc) is 2.43. The van der Waals surface area contributed by atoms with Crippen LogP contribution in [-0.4, -0.2) is 31.8 Å². The molecule has 0 atom stereocenters. The number of nitrogens with zero attached hydrogens (tertiary/aromatic N) is 1. The molecule has 0 radical (unpaired) electrons. The van der Waals surface area contributed by atoms with E-state index >= 15 is 0 Å². The van der Waals surface area contributed by atoms with Crippen LogP contribution in [0, 0.1) is 13.8 Å². The highest BCUT2D eigenvalue weighted by molar-refractivity contribution is 9.10. The van der Waals surface area contributed by atoms with Crippen molar-refractivity contribution in [1.82, 2.24) is 4.31 Å². The first-order valence-corrected chi connectivity index (χ1v) is 9.18. The lowest BCUT2D eigenvalue weighted by Crippen LogP contribution is -2.38. The fourth-order valence-corrected chi connectivity index (χ4v) is 3.83. The van der Waals surface area contributed by atoms with Gasteiger partial charge in [0, 0.05) is 17.6 Å². The van der Waals surface area contributed by atoms with E-state index in [0.29, 0.717) is 18.8 Å². The maximum absolute atomic E-state index is 12.2. The molecule has 4 nitrogen and oxygen atoms in total. The molecule has 20 heavy (non-hydrogen) atoms.